The molecule has 1 aliphatic rings. The molecule has 1 fully saturated rings. The van der Waals surface area contributed by atoms with Gasteiger partial charge in [0, 0.05) is 32.2 Å². The van der Waals surface area contributed by atoms with Crippen molar-refractivity contribution in [3.05, 3.63) is 29.3 Å². The zero-order valence-electron chi connectivity index (χ0n) is 12.7. The number of halogens is 4. The summed E-state index contributed by atoms with van der Waals surface area (Å²) < 4.78 is 44.0. The number of piperazine rings is 1. The van der Waals surface area contributed by atoms with Crippen LogP contribution in [0.2, 0.25) is 0 Å². The first kappa shape index (κ1) is 19.1. The van der Waals surface area contributed by atoms with E-state index in [1.165, 1.54) is 0 Å². The Bertz CT molecular complexity index is 476. The van der Waals surface area contributed by atoms with Gasteiger partial charge in [-0.05, 0) is 24.1 Å². The molecular weight excluding hydrogens is 317 g/mol. The highest BCUT2D eigenvalue weighted by Gasteiger charge is 2.36. The van der Waals surface area contributed by atoms with Gasteiger partial charge in [0.1, 0.15) is 5.75 Å². The van der Waals surface area contributed by atoms with Crippen LogP contribution in [0.4, 0.5) is 13.2 Å². The molecule has 0 unspecified atom stereocenters. The van der Waals surface area contributed by atoms with Crippen LogP contribution < -0.4 is 10.1 Å². The molecule has 2 rings (SSSR count). The molecule has 0 amide bonds. The second kappa shape index (κ2) is 8.04. The molecular formula is C15H22ClF3N2O. The van der Waals surface area contributed by atoms with Crippen molar-refractivity contribution in [3.8, 4) is 5.75 Å². The van der Waals surface area contributed by atoms with E-state index in [0.717, 1.165) is 18.7 Å². The highest BCUT2D eigenvalue weighted by molar-refractivity contribution is 5.85. The first-order chi connectivity index (χ1) is 9.90. The standard InChI is InChI=1S/C15H21F3N2O.ClH/c1-11-9-12(3-4-14(11)21-2)13(10-15(16,17)18)20-7-5-19-6-8-20;/h3-4,9,13,19H,5-8,10H2,1-2H3;1H/t13-;/m1./s1. The number of benzene rings is 1. The molecule has 0 bridgehead atoms. The zero-order chi connectivity index (χ0) is 15.5. The number of hydrogen-bond donors (Lipinski definition) is 1. The predicted octanol–water partition coefficient (Wildman–Crippen LogP) is 3.32. The largest absolute Gasteiger partial charge is 0.496 e. The number of ether oxygens (including phenoxy) is 1. The van der Waals surface area contributed by atoms with Crippen molar-refractivity contribution in [2.75, 3.05) is 33.3 Å². The van der Waals surface area contributed by atoms with Crippen molar-refractivity contribution in [2.24, 2.45) is 0 Å². The third kappa shape index (κ3) is 5.04. The molecule has 0 aliphatic carbocycles. The number of alkyl halides is 3. The van der Waals surface area contributed by atoms with E-state index in [2.05, 4.69) is 5.32 Å². The Kier molecular flexibility index (Phi) is 6.97. The molecule has 1 saturated heterocycles. The number of hydrogen-bond acceptors (Lipinski definition) is 3. The summed E-state index contributed by atoms with van der Waals surface area (Å²) in [5, 5.41) is 3.17. The summed E-state index contributed by atoms with van der Waals surface area (Å²) in [7, 11) is 1.56. The number of rotatable bonds is 4. The van der Waals surface area contributed by atoms with Crippen LogP contribution in [0.15, 0.2) is 18.2 Å². The van der Waals surface area contributed by atoms with Crippen molar-refractivity contribution in [1.82, 2.24) is 10.2 Å². The van der Waals surface area contributed by atoms with Crippen molar-refractivity contribution in [1.29, 1.82) is 0 Å². The fraction of sp³-hybridized carbons (Fsp3) is 0.600. The maximum atomic E-state index is 12.9. The van der Waals surface area contributed by atoms with Gasteiger partial charge >= 0.3 is 6.18 Å². The quantitative estimate of drug-likeness (QED) is 0.911. The van der Waals surface area contributed by atoms with Gasteiger partial charge in [-0.25, -0.2) is 0 Å². The Balaban J connectivity index is 0.00000242. The molecule has 7 heteroatoms. The Morgan fingerprint density at radius 1 is 1.27 bits per heavy atom. The van der Waals surface area contributed by atoms with Gasteiger partial charge in [0.05, 0.1) is 13.5 Å². The smallest absolute Gasteiger partial charge is 0.390 e. The summed E-state index contributed by atoms with van der Waals surface area (Å²) in [6.07, 6.45) is -5.00. The second-order valence-electron chi connectivity index (χ2n) is 5.35. The number of nitrogens with one attached hydrogen (secondary N) is 1. The van der Waals surface area contributed by atoms with Crippen LogP contribution in [0, 0.1) is 6.92 Å². The van der Waals surface area contributed by atoms with E-state index in [1.807, 2.05) is 11.8 Å². The third-order valence-corrected chi connectivity index (χ3v) is 3.82. The first-order valence-corrected chi connectivity index (χ1v) is 7.07. The summed E-state index contributed by atoms with van der Waals surface area (Å²) in [5.41, 5.74) is 1.56. The van der Waals surface area contributed by atoms with E-state index < -0.39 is 18.6 Å². The fourth-order valence-corrected chi connectivity index (χ4v) is 2.78. The number of aryl methyl sites for hydroxylation is 1. The lowest BCUT2D eigenvalue weighted by Crippen LogP contribution is -2.46. The number of methoxy groups -OCH3 is 1. The van der Waals surface area contributed by atoms with Crippen LogP contribution in [0.25, 0.3) is 0 Å². The van der Waals surface area contributed by atoms with Gasteiger partial charge in [-0.15, -0.1) is 12.4 Å². The van der Waals surface area contributed by atoms with E-state index in [0.29, 0.717) is 24.4 Å². The highest BCUT2D eigenvalue weighted by atomic mass is 35.5. The zero-order valence-corrected chi connectivity index (χ0v) is 13.6. The van der Waals surface area contributed by atoms with Crippen LogP contribution >= 0.6 is 12.4 Å². The summed E-state index contributed by atoms with van der Waals surface area (Å²) in [6, 6.07) is 4.66. The highest BCUT2D eigenvalue weighted by Crippen LogP contribution is 2.35. The Labute approximate surface area is 135 Å². The van der Waals surface area contributed by atoms with Crippen LogP contribution in [-0.4, -0.2) is 44.4 Å². The summed E-state index contributed by atoms with van der Waals surface area (Å²) >= 11 is 0. The van der Waals surface area contributed by atoms with Gasteiger partial charge in [-0.2, -0.15) is 13.2 Å². The molecule has 22 heavy (non-hydrogen) atoms. The van der Waals surface area contributed by atoms with Crippen molar-refractivity contribution < 1.29 is 17.9 Å². The normalized spacial score (nSPS) is 17.7. The van der Waals surface area contributed by atoms with E-state index in [9.17, 15) is 13.2 Å². The lowest BCUT2D eigenvalue weighted by molar-refractivity contribution is -0.148. The van der Waals surface area contributed by atoms with Gasteiger partial charge < -0.3 is 10.1 Å². The minimum atomic E-state index is -4.18. The molecule has 1 N–H and O–H groups in total. The number of nitrogens with zero attached hydrogens (tertiary/aromatic N) is 1. The van der Waals surface area contributed by atoms with Crippen LogP contribution in [-0.2, 0) is 0 Å². The van der Waals surface area contributed by atoms with Gasteiger partial charge in [0.15, 0.2) is 0 Å². The maximum Gasteiger partial charge on any atom is 0.390 e. The molecule has 0 radical (unpaired) electrons. The molecule has 126 valence electrons. The molecule has 1 heterocycles. The monoisotopic (exact) mass is 338 g/mol. The molecule has 0 saturated carbocycles. The van der Waals surface area contributed by atoms with Crippen molar-refractivity contribution in [3.63, 3.8) is 0 Å². The first-order valence-electron chi connectivity index (χ1n) is 7.07. The van der Waals surface area contributed by atoms with Gasteiger partial charge in [0.25, 0.3) is 0 Å². The molecule has 0 aromatic heterocycles. The average Bonchev–Trinajstić information content (AvgIpc) is 2.45. The Hall–Kier alpha value is -0.980. The van der Waals surface area contributed by atoms with Gasteiger partial charge in [-0.1, -0.05) is 12.1 Å². The van der Waals surface area contributed by atoms with E-state index >= 15 is 0 Å². The topological polar surface area (TPSA) is 24.5 Å². The molecule has 1 aliphatic heterocycles. The lowest BCUT2D eigenvalue weighted by atomic mass is 9.98. The molecule has 1 atom stereocenters. The molecule has 1 aromatic carbocycles. The molecule has 1 aromatic rings. The third-order valence-electron chi connectivity index (χ3n) is 3.82. The maximum absolute atomic E-state index is 12.9. The second-order valence-corrected chi connectivity index (χ2v) is 5.35. The Morgan fingerprint density at radius 2 is 1.91 bits per heavy atom. The fourth-order valence-electron chi connectivity index (χ4n) is 2.78. The van der Waals surface area contributed by atoms with E-state index in [1.54, 1.807) is 25.3 Å². The summed E-state index contributed by atoms with van der Waals surface area (Å²) in [6.45, 7) is 4.56. The van der Waals surface area contributed by atoms with Crippen LogP contribution in [0.3, 0.4) is 0 Å². The minimum Gasteiger partial charge on any atom is -0.496 e. The van der Waals surface area contributed by atoms with Crippen LogP contribution in [0.5, 0.6) is 5.75 Å². The SMILES string of the molecule is COc1ccc([C@@H](CC(F)(F)F)N2CCNCC2)cc1C.Cl. The Morgan fingerprint density at radius 3 is 2.41 bits per heavy atom. The average molecular weight is 339 g/mol. The van der Waals surface area contributed by atoms with Crippen LogP contribution in [0.1, 0.15) is 23.6 Å². The lowest BCUT2D eigenvalue weighted by Gasteiger charge is -2.35. The van der Waals surface area contributed by atoms with Gasteiger partial charge in [0.2, 0.25) is 0 Å². The van der Waals surface area contributed by atoms with Crippen molar-refractivity contribution in [2.45, 2.75) is 25.6 Å². The minimum absolute atomic E-state index is 0. The summed E-state index contributed by atoms with van der Waals surface area (Å²) in [5.74, 6) is 0.699. The molecule has 3 nitrogen and oxygen atoms in total. The molecule has 0 spiro atoms. The van der Waals surface area contributed by atoms with E-state index in [-0.39, 0.29) is 12.4 Å². The van der Waals surface area contributed by atoms with Gasteiger partial charge in [-0.3, -0.25) is 4.90 Å². The van der Waals surface area contributed by atoms with Crippen molar-refractivity contribution >= 4 is 12.4 Å². The summed E-state index contributed by atoms with van der Waals surface area (Å²) in [4.78, 5) is 1.91. The van der Waals surface area contributed by atoms with E-state index in [4.69, 9.17) is 4.74 Å². The predicted molar refractivity (Wildman–Crippen MR) is 82.8 cm³/mol.